The smallest absolute Gasteiger partial charge is 0.264 e. The molecule has 182 valence electrons. The summed E-state index contributed by atoms with van der Waals surface area (Å²) in [6.07, 6.45) is 16.9. The van der Waals surface area contributed by atoms with Crippen molar-refractivity contribution in [2.24, 2.45) is 0 Å². The van der Waals surface area contributed by atoms with Crippen molar-refractivity contribution in [1.29, 1.82) is 0 Å². The van der Waals surface area contributed by atoms with Crippen molar-refractivity contribution in [2.75, 3.05) is 6.61 Å². The fourth-order valence-corrected chi connectivity index (χ4v) is 4.29. The van der Waals surface area contributed by atoms with Crippen LogP contribution in [-0.2, 0) is 29.2 Å². The molecular formula is C20H42O8S2. The van der Waals surface area contributed by atoms with E-state index in [4.69, 9.17) is 13.3 Å². The molecule has 0 bridgehead atoms. The summed E-state index contributed by atoms with van der Waals surface area (Å²) in [5, 5.41) is 0. The Morgan fingerprint density at radius 3 is 1.40 bits per heavy atom. The second-order valence-electron chi connectivity index (χ2n) is 7.92. The molecule has 0 aromatic carbocycles. The molecule has 0 amide bonds. The van der Waals surface area contributed by atoms with Crippen LogP contribution >= 0.6 is 0 Å². The average molecular weight is 475 g/mol. The molecule has 0 radical (unpaired) electrons. The van der Waals surface area contributed by atoms with E-state index in [1.54, 1.807) is 0 Å². The summed E-state index contributed by atoms with van der Waals surface area (Å²) >= 11 is 0. The van der Waals surface area contributed by atoms with Crippen molar-refractivity contribution >= 4 is 20.8 Å². The lowest BCUT2D eigenvalue weighted by atomic mass is 10.0. The minimum absolute atomic E-state index is 0.0474. The highest BCUT2D eigenvalue weighted by molar-refractivity contribution is 7.81. The number of rotatable bonds is 22. The second kappa shape index (κ2) is 18.3. The summed E-state index contributed by atoms with van der Waals surface area (Å²) in [5.41, 5.74) is 0. The van der Waals surface area contributed by atoms with Gasteiger partial charge >= 0.3 is 20.8 Å². The van der Waals surface area contributed by atoms with Crippen molar-refractivity contribution in [2.45, 2.75) is 122 Å². The lowest BCUT2D eigenvalue weighted by Crippen LogP contribution is -2.18. The van der Waals surface area contributed by atoms with Crippen LogP contribution in [0.5, 0.6) is 0 Å². The highest BCUT2D eigenvalue weighted by Crippen LogP contribution is 2.17. The van der Waals surface area contributed by atoms with Crippen LogP contribution in [0, 0.1) is 0 Å². The summed E-state index contributed by atoms with van der Waals surface area (Å²) in [7, 11) is -8.66. The van der Waals surface area contributed by atoms with Gasteiger partial charge in [0.05, 0.1) is 12.7 Å². The summed E-state index contributed by atoms with van der Waals surface area (Å²) in [6.45, 7) is 2.09. The van der Waals surface area contributed by atoms with E-state index in [1.807, 2.05) is 6.92 Å². The van der Waals surface area contributed by atoms with Gasteiger partial charge in [0.15, 0.2) is 0 Å². The quantitative estimate of drug-likeness (QED) is 0.152. The molecule has 8 nitrogen and oxygen atoms in total. The molecule has 0 saturated heterocycles. The van der Waals surface area contributed by atoms with E-state index in [9.17, 15) is 16.8 Å². The van der Waals surface area contributed by atoms with Crippen molar-refractivity contribution in [3.8, 4) is 0 Å². The second-order valence-corrected chi connectivity index (χ2v) is 10.1. The summed E-state index contributed by atoms with van der Waals surface area (Å²) in [5.74, 6) is 0. The van der Waals surface area contributed by atoms with Crippen LogP contribution in [0.3, 0.4) is 0 Å². The lowest BCUT2D eigenvalue weighted by molar-refractivity contribution is 0.158. The van der Waals surface area contributed by atoms with Crippen LogP contribution in [0.1, 0.15) is 116 Å². The van der Waals surface area contributed by atoms with Gasteiger partial charge in [-0.15, -0.1) is 0 Å². The van der Waals surface area contributed by atoms with E-state index in [0.717, 1.165) is 51.4 Å². The Morgan fingerprint density at radius 1 is 0.600 bits per heavy atom. The molecule has 0 heterocycles. The van der Waals surface area contributed by atoms with Gasteiger partial charge in [-0.2, -0.15) is 16.8 Å². The monoisotopic (exact) mass is 474 g/mol. The maximum Gasteiger partial charge on any atom is 0.397 e. The van der Waals surface area contributed by atoms with Crippen LogP contribution in [0.4, 0.5) is 0 Å². The molecule has 0 aromatic heterocycles. The van der Waals surface area contributed by atoms with E-state index in [-0.39, 0.29) is 6.61 Å². The third-order valence-electron chi connectivity index (χ3n) is 5.04. The predicted octanol–water partition coefficient (Wildman–Crippen LogP) is 5.65. The van der Waals surface area contributed by atoms with Gasteiger partial charge in [0.1, 0.15) is 0 Å². The van der Waals surface area contributed by atoms with E-state index >= 15 is 0 Å². The van der Waals surface area contributed by atoms with Crippen LogP contribution in [0.2, 0.25) is 0 Å². The van der Waals surface area contributed by atoms with E-state index in [2.05, 4.69) is 4.18 Å². The van der Waals surface area contributed by atoms with Gasteiger partial charge in [-0.1, -0.05) is 96.8 Å². The zero-order chi connectivity index (χ0) is 22.7. The van der Waals surface area contributed by atoms with Crippen LogP contribution in [0.25, 0.3) is 0 Å². The standard InChI is InChI=1S/C20H42O8S2/c1-2-3-17-20(28-30(24,25)26)18-15-13-11-9-7-5-4-6-8-10-12-14-16-19-27-29(21,22)23/h20H,2-19H2,1H3,(H,21,22,23)(H,24,25,26)/t20-/m1/s1. The minimum atomic E-state index is -4.37. The van der Waals surface area contributed by atoms with E-state index in [1.165, 1.54) is 38.5 Å². The SMILES string of the molecule is CCCC[C@H](CCCCCCCCCCCCCCCOS(=O)(=O)O)OS(=O)(=O)O. The third-order valence-corrected chi connectivity index (χ3v) is 6.02. The lowest BCUT2D eigenvalue weighted by Gasteiger charge is -2.14. The third kappa shape index (κ3) is 24.0. The first kappa shape index (κ1) is 29.7. The first-order chi connectivity index (χ1) is 14.1. The summed E-state index contributed by atoms with van der Waals surface area (Å²) in [4.78, 5) is 0. The highest BCUT2D eigenvalue weighted by Gasteiger charge is 2.16. The fourth-order valence-electron chi connectivity index (χ4n) is 3.43. The van der Waals surface area contributed by atoms with Gasteiger partial charge in [0, 0.05) is 0 Å². The molecule has 0 spiro atoms. The molecular weight excluding hydrogens is 432 g/mol. The zero-order valence-electron chi connectivity index (χ0n) is 18.5. The average Bonchev–Trinajstić information content (AvgIpc) is 2.63. The predicted molar refractivity (Wildman–Crippen MR) is 118 cm³/mol. The van der Waals surface area contributed by atoms with Crippen LogP contribution in [-0.4, -0.2) is 38.7 Å². The molecule has 1 atom stereocenters. The number of hydrogen-bond acceptors (Lipinski definition) is 6. The Labute approximate surface area is 184 Å². The molecule has 10 heteroatoms. The molecule has 2 N–H and O–H groups in total. The Balaban J connectivity index is 3.42. The molecule has 0 fully saturated rings. The normalized spacial score (nSPS) is 13.6. The van der Waals surface area contributed by atoms with Gasteiger partial charge in [-0.25, -0.2) is 8.37 Å². The Bertz CT molecular complexity index is 590. The number of unbranched alkanes of at least 4 members (excludes halogenated alkanes) is 13. The number of hydrogen-bond donors (Lipinski definition) is 2. The van der Waals surface area contributed by atoms with Crippen molar-refractivity contribution < 1.29 is 34.3 Å². The Morgan fingerprint density at radius 2 is 1.00 bits per heavy atom. The highest BCUT2D eigenvalue weighted by atomic mass is 32.3. The van der Waals surface area contributed by atoms with E-state index < -0.39 is 26.9 Å². The van der Waals surface area contributed by atoms with Crippen LogP contribution in [0.15, 0.2) is 0 Å². The first-order valence-electron chi connectivity index (χ1n) is 11.4. The topological polar surface area (TPSA) is 127 Å². The van der Waals surface area contributed by atoms with Crippen molar-refractivity contribution in [1.82, 2.24) is 0 Å². The molecule has 30 heavy (non-hydrogen) atoms. The molecule has 0 saturated carbocycles. The summed E-state index contributed by atoms with van der Waals surface area (Å²) in [6, 6.07) is 0. The van der Waals surface area contributed by atoms with Crippen molar-refractivity contribution in [3.05, 3.63) is 0 Å². The van der Waals surface area contributed by atoms with Gasteiger partial charge in [-0.05, 0) is 19.3 Å². The molecule has 0 aliphatic rings. The molecule has 0 aliphatic carbocycles. The van der Waals surface area contributed by atoms with Gasteiger partial charge in [-0.3, -0.25) is 9.11 Å². The van der Waals surface area contributed by atoms with Gasteiger partial charge < -0.3 is 0 Å². The Kier molecular flexibility index (Phi) is 18.2. The molecule has 0 aliphatic heterocycles. The molecule has 0 unspecified atom stereocenters. The van der Waals surface area contributed by atoms with Gasteiger partial charge in [0.2, 0.25) is 0 Å². The van der Waals surface area contributed by atoms with Crippen molar-refractivity contribution in [3.63, 3.8) is 0 Å². The zero-order valence-corrected chi connectivity index (χ0v) is 20.1. The molecule has 0 aromatic rings. The van der Waals surface area contributed by atoms with Crippen LogP contribution < -0.4 is 0 Å². The Hall–Kier alpha value is -0.260. The first-order valence-corrected chi connectivity index (χ1v) is 14.1. The van der Waals surface area contributed by atoms with Gasteiger partial charge in [0.25, 0.3) is 0 Å². The largest absolute Gasteiger partial charge is 0.397 e. The molecule has 0 rings (SSSR count). The minimum Gasteiger partial charge on any atom is -0.264 e. The fraction of sp³-hybridized carbons (Fsp3) is 1.00. The maximum atomic E-state index is 10.9. The van der Waals surface area contributed by atoms with E-state index in [0.29, 0.717) is 19.3 Å². The summed E-state index contributed by atoms with van der Waals surface area (Å²) < 4.78 is 68.9. The maximum absolute atomic E-state index is 10.9.